The summed E-state index contributed by atoms with van der Waals surface area (Å²) in [5.41, 5.74) is 4.77. The maximum atomic E-state index is 12.6. The number of piperidine rings is 1. The number of hydrogen-bond acceptors (Lipinski definition) is 3. The molecular weight excluding hydrogens is 398 g/mol. The second kappa shape index (κ2) is 9.74. The molecule has 2 amide bonds. The highest BCUT2D eigenvalue weighted by Crippen LogP contribution is 2.27. The van der Waals surface area contributed by atoms with Crippen molar-refractivity contribution < 1.29 is 4.79 Å². The fraction of sp³-hybridized carbons (Fsp3) is 0.462. The monoisotopic (exact) mass is 431 g/mol. The minimum Gasteiger partial charge on any atom is -0.342 e. The van der Waals surface area contributed by atoms with E-state index >= 15 is 0 Å². The van der Waals surface area contributed by atoms with Gasteiger partial charge in [-0.25, -0.2) is 9.78 Å². The van der Waals surface area contributed by atoms with Crippen LogP contribution in [-0.2, 0) is 13.0 Å². The second-order valence-electron chi connectivity index (χ2n) is 9.18. The molecule has 0 radical (unpaired) electrons. The van der Waals surface area contributed by atoms with E-state index in [2.05, 4.69) is 45.5 Å². The number of carbonyl (C=O) groups is 1. The van der Waals surface area contributed by atoms with Crippen LogP contribution in [0.3, 0.4) is 0 Å². The third-order valence-electron chi connectivity index (χ3n) is 6.89. The number of urea groups is 1. The van der Waals surface area contributed by atoms with Gasteiger partial charge in [-0.15, -0.1) is 0 Å². The lowest BCUT2D eigenvalue weighted by Crippen LogP contribution is -2.44. The molecule has 2 aliphatic heterocycles. The number of nitrogens with one attached hydrogen (secondary N) is 2. The number of aromatic amines is 1. The van der Waals surface area contributed by atoms with Gasteiger partial charge >= 0.3 is 6.03 Å². The molecule has 0 unspecified atom stereocenters. The van der Waals surface area contributed by atoms with E-state index in [4.69, 9.17) is 4.98 Å². The molecule has 0 saturated carbocycles. The number of carbonyl (C=O) groups excluding carboxylic acids is 1. The van der Waals surface area contributed by atoms with Gasteiger partial charge in [-0.2, -0.15) is 0 Å². The molecule has 2 saturated heterocycles. The molecule has 3 heterocycles. The van der Waals surface area contributed by atoms with Crippen molar-refractivity contribution >= 4 is 17.1 Å². The van der Waals surface area contributed by atoms with Crippen LogP contribution in [0.25, 0.3) is 11.0 Å². The Bertz CT molecular complexity index is 997. The highest BCUT2D eigenvalue weighted by molar-refractivity contribution is 5.75. The molecule has 168 valence electrons. The molecule has 5 rings (SSSR count). The molecule has 0 spiro atoms. The lowest BCUT2D eigenvalue weighted by Gasteiger charge is -2.31. The quantitative estimate of drug-likeness (QED) is 0.612. The van der Waals surface area contributed by atoms with Crippen molar-refractivity contribution in [1.82, 2.24) is 25.1 Å². The van der Waals surface area contributed by atoms with Crippen LogP contribution in [0.15, 0.2) is 48.5 Å². The maximum Gasteiger partial charge on any atom is 0.317 e. The summed E-state index contributed by atoms with van der Waals surface area (Å²) in [5.74, 6) is 1.45. The molecule has 2 N–H and O–H groups in total. The SMILES string of the molecule is O=C(NCCc1ccc(CN2CCCC2)cc1)N1CCC(c2nc3ccccc3[nH]2)CC1. The van der Waals surface area contributed by atoms with E-state index in [0.29, 0.717) is 12.5 Å². The largest absolute Gasteiger partial charge is 0.342 e. The topological polar surface area (TPSA) is 64.3 Å². The number of hydrogen-bond donors (Lipinski definition) is 2. The molecular formula is C26H33N5O. The van der Waals surface area contributed by atoms with Crippen LogP contribution in [0.5, 0.6) is 0 Å². The fourth-order valence-electron chi connectivity index (χ4n) is 4.96. The first kappa shape index (κ1) is 21.0. The zero-order valence-corrected chi connectivity index (χ0v) is 18.7. The molecule has 2 aromatic carbocycles. The van der Waals surface area contributed by atoms with Crippen LogP contribution < -0.4 is 5.32 Å². The summed E-state index contributed by atoms with van der Waals surface area (Å²) in [6.45, 7) is 5.74. The Balaban J connectivity index is 1.05. The molecule has 0 atom stereocenters. The predicted molar refractivity (Wildman–Crippen MR) is 128 cm³/mol. The molecule has 32 heavy (non-hydrogen) atoms. The summed E-state index contributed by atoms with van der Waals surface area (Å²) in [6.07, 6.45) is 5.42. The van der Waals surface area contributed by atoms with Crippen molar-refractivity contribution in [3.8, 4) is 0 Å². The first-order valence-corrected chi connectivity index (χ1v) is 12.0. The average Bonchev–Trinajstić information content (AvgIpc) is 3.50. The zero-order valence-electron chi connectivity index (χ0n) is 18.7. The summed E-state index contributed by atoms with van der Waals surface area (Å²) >= 11 is 0. The summed E-state index contributed by atoms with van der Waals surface area (Å²) in [6, 6.07) is 17.1. The molecule has 2 fully saturated rings. The van der Waals surface area contributed by atoms with Gasteiger partial charge in [0.1, 0.15) is 5.82 Å². The number of para-hydroxylation sites is 2. The summed E-state index contributed by atoms with van der Waals surface area (Å²) in [7, 11) is 0. The number of benzene rings is 2. The number of likely N-dealkylation sites (tertiary alicyclic amines) is 2. The van der Waals surface area contributed by atoms with Crippen molar-refractivity contribution in [3.63, 3.8) is 0 Å². The van der Waals surface area contributed by atoms with Crippen molar-refractivity contribution in [3.05, 3.63) is 65.5 Å². The van der Waals surface area contributed by atoms with E-state index in [9.17, 15) is 4.79 Å². The number of H-pyrrole nitrogens is 1. The van der Waals surface area contributed by atoms with Crippen molar-refractivity contribution in [2.45, 2.75) is 44.6 Å². The van der Waals surface area contributed by atoms with Crippen LogP contribution in [0.4, 0.5) is 4.79 Å². The minimum atomic E-state index is 0.0544. The van der Waals surface area contributed by atoms with Crippen molar-refractivity contribution in [1.29, 1.82) is 0 Å². The molecule has 6 nitrogen and oxygen atoms in total. The van der Waals surface area contributed by atoms with E-state index < -0.39 is 0 Å². The van der Waals surface area contributed by atoms with E-state index in [1.807, 2.05) is 23.1 Å². The third-order valence-corrected chi connectivity index (χ3v) is 6.89. The standard InChI is InChI=1S/C26H33N5O/c32-26(27-14-11-20-7-9-21(10-8-20)19-30-15-3-4-16-30)31-17-12-22(13-18-31)25-28-23-5-1-2-6-24(23)29-25/h1-2,5-10,22H,3-4,11-19H2,(H,27,32)(H,28,29). The Morgan fingerprint density at radius 2 is 1.69 bits per heavy atom. The number of amides is 2. The van der Waals surface area contributed by atoms with Crippen LogP contribution in [0.1, 0.15) is 48.6 Å². The van der Waals surface area contributed by atoms with Gasteiger partial charge in [0.2, 0.25) is 0 Å². The molecule has 0 bridgehead atoms. The van der Waals surface area contributed by atoms with Gasteiger partial charge in [0, 0.05) is 32.1 Å². The zero-order chi connectivity index (χ0) is 21.8. The van der Waals surface area contributed by atoms with Crippen LogP contribution in [0, 0.1) is 0 Å². The van der Waals surface area contributed by atoms with Crippen LogP contribution in [0.2, 0.25) is 0 Å². The minimum absolute atomic E-state index is 0.0544. The number of aromatic nitrogens is 2. The number of imidazole rings is 1. The lowest BCUT2D eigenvalue weighted by atomic mass is 9.96. The number of nitrogens with zero attached hydrogens (tertiary/aromatic N) is 3. The van der Waals surface area contributed by atoms with Gasteiger partial charge in [0.05, 0.1) is 11.0 Å². The smallest absolute Gasteiger partial charge is 0.317 e. The molecule has 3 aromatic rings. The van der Waals surface area contributed by atoms with Gasteiger partial charge in [0.15, 0.2) is 0 Å². The van der Waals surface area contributed by atoms with Gasteiger partial charge in [-0.3, -0.25) is 4.90 Å². The number of rotatable bonds is 6. The van der Waals surface area contributed by atoms with Crippen molar-refractivity contribution in [2.75, 3.05) is 32.7 Å². The Morgan fingerprint density at radius 3 is 2.44 bits per heavy atom. The highest BCUT2D eigenvalue weighted by Gasteiger charge is 2.25. The third kappa shape index (κ3) is 4.96. The Kier molecular flexibility index (Phi) is 6.39. The van der Waals surface area contributed by atoms with E-state index in [1.54, 1.807) is 0 Å². The van der Waals surface area contributed by atoms with E-state index in [0.717, 1.165) is 55.8 Å². The van der Waals surface area contributed by atoms with Gasteiger partial charge in [0.25, 0.3) is 0 Å². The van der Waals surface area contributed by atoms with E-state index in [1.165, 1.54) is 37.1 Å². The Labute approximate surface area is 190 Å². The van der Waals surface area contributed by atoms with E-state index in [-0.39, 0.29) is 6.03 Å². The van der Waals surface area contributed by atoms with Crippen molar-refractivity contribution in [2.24, 2.45) is 0 Å². The lowest BCUT2D eigenvalue weighted by molar-refractivity contribution is 0.180. The second-order valence-corrected chi connectivity index (χ2v) is 9.18. The summed E-state index contributed by atoms with van der Waals surface area (Å²) in [4.78, 5) is 25.3. The highest BCUT2D eigenvalue weighted by atomic mass is 16.2. The van der Waals surface area contributed by atoms with Crippen LogP contribution >= 0.6 is 0 Å². The van der Waals surface area contributed by atoms with Gasteiger partial charge in [-0.1, -0.05) is 36.4 Å². The maximum absolute atomic E-state index is 12.6. The number of fused-ring (bicyclic) bond motifs is 1. The fourth-order valence-corrected chi connectivity index (χ4v) is 4.96. The normalized spacial score (nSPS) is 17.8. The Hall–Kier alpha value is -2.86. The van der Waals surface area contributed by atoms with Gasteiger partial charge < -0.3 is 15.2 Å². The predicted octanol–water partition coefficient (Wildman–Crippen LogP) is 4.29. The summed E-state index contributed by atoms with van der Waals surface area (Å²) < 4.78 is 0. The average molecular weight is 432 g/mol. The Morgan fingerprint density at radius 1 is 0.969 bits per heavy atom. The van der Waals surface area contributed by atoms with Gasteiger partial charge in [-0.05, 0) is 68.5 Å². The molecule has 6 heteroatoms. The molecule has 2 aliphatic rings. The first-order chi connectivity index (χ1) is 15.7. The first-order valence-electron chi connectivity index (χ1n) is 12.0. The molecule has 1 aromatic heterocycles. The molecule has 0 aliphatic carbocycles. The summed E-state index contributed by atoms with van der Waals surface area (Å²) in [5, 5.41) is 3.11. The van der Waals surface area contributed by atoms with Crippen LogP contribution in [-0.4, -0.2) is 58.5 Å².